The third-order valence-corrected chi connectivity index (χ3v) is 2.90. The molecule has 1 aromatic rings. The molecule has 1 aromatic carbocycles. The number of carbonyl (C=O) groups is 2. The molecule has 0 spiro atoms. The summed E-state index contributed by atoms with van der Waals surface area (Å²) in [5, 5.41) is 7.62. The predicted molar refractivity (Wildman–Crippen MR) is 74.4 cm³/mol. The highest BCUT2D eigenvalue weighted by atomic mass is 19.2. The van der Waals surface area contributed by atoms with Crippen molar-refractivity contribution < 1.29 is 23.1 Å². The van der Waals surface area contributed by atoms with Crippen LogP contribution in [-0.2, 0) is 4.79 Å². The molecule has 0 radical (unpaired) electrons. The van der Waals surface area contributed by atoms with E-state index in [9.17, 15) is 18.4 Å². The zero-order valence-corrected chi connectivity index (χ0v) is 11.8. The minimum absolute atomic E-state index is 0.0900. The highest BCUT2D eigenvalue weighted by Crippen LogP contribution is 2.18. The van der Waals surface area contributed by atoms with Crippen molar-refractivity contribution in [3.05, 3.63) is 29.8 Å². The monoisotopic (exact) mass is 313 g/mol. The molecule has 0 saturated heterocycles. The Labute approximate surface area is 126 Å². The van der Waals surface area contributed by atoms with Crippen LogP contribution in [0.15, 0.2) is 18.2 Å². The van der Waals surface area contributed by atoms with Gasteiger partial charge in [-0.15, -0.1) is 0 Å². The maximum absolute atomic E-state index is 12.9. The summed E-state index contributed by atoms with van der Waals surface area (Å²) >= 11 is 0. The third-order valence-electron chi connectivity index (χ3n) is 2.90. The second-order valence-corrected chi connectivity index (χ2v) is 4.88. The van der Waals surface area contributed by atoms with Gasteiger partial charge in [0.15, 0.2) is 11.6 Å². The molecule has 120 valence electrons. The zero-order chi connectivity index (χ0) is 15.9. The van der Waals surface area contributed by atoms with E-state index in [-0.39, 0.29) is 37.4 Å². The maximum Gasteiger partial charge on any atom is 0.315 e. The van der Waals surface area contributed by atoms with Gasteiger partial charge in [-0.1, -0.05) is 0 Å². The number of benzene rings is 1. The number of carbonyl (C=O) groups excluding carboxylic acids is 2. The molecule has 22 heavy (non-hydrogen) atoms. The first-order valence-electron chi connectivity index (χ1n) is 6.93. The van der Waals surface area contributed by atoms with Crippen molar-refractivity contribution >= 4 is 11.9 Å². The average molecular weight is 313 g/mol. The van der Waals surface area contributed by atoms with Crippen LogP contribution in [0.25, 0.3) is 0 Å². The second-order valence-electron chi connectivity index (χ2n) is 4.88. The number of ether oxygens (including phenoxy) is 1. The van der Waals surface area contributed by atoms with Crippen LogP contribution in [0.4, 0.5) is 13.6 Å². The number of hydrogen-bond acceptors (Lipinski definition) is 3. The van der Waals surface area contributed by atoms with E-state index < -0.39 is 17.7 Å². The topological polar surface area (TPSA) is 79.5 Å². The molecular weight excluding hydrogens is 296 g/mol. The highest BCUT2D eigenvalue weighted by molar-refractivity contribution is 5.84. The molecule has 1 fully saturated rings. The predicted octanol–water partition coefficient (Wildman–Crippen LogP) is 0.921. The Balaban J connectivity index is 1.56. The van der Waals surface area contributed by atoms with Crippen molar-refractivity contribution in [3.8, 4) is 5.75 Å². The number of rotatable bonds is 7. The van der Waals surface area contributed by atoms with Gasteiger partial charge in [-0.25, -0.2) is 13.6 Å². The standard InChI is InChI=1S/C14H17F2N3O3/c15-11-4-3-10(7-12(11)16)22-6-5-17-14(21)18-8-13(20)19-9-1-2-9/h3-4,7,9H,1-2,5-6,8H2,(H,19,20)(H2,17,18,21). The first-order chi connectivity index (χ1) is 10.5. The van der Waals surface area contributed by atoms with Gasteiger partial charge in [-0.05, 0) is 25.0 Å². The summed E-state index contributed by atoms with van der Waals surface area (Å²) in [5.74, 6) is -2.00. The molecule has 3 N–H and O–H groups in total. The minimum atomic E-state index is -0.995. The average Bonchev–Trinajstić information content (AvgIpc) is 3.29. The number of amides is 3. The van der Waals surface area contributed by atoms with Gasteiger partial charge in [0.25, 0.3) is 0 Å². The fourth-order valence-corrected chi connectivity index (χ4v) is 1.63. The molecule has 0 aliphatic heterocycles. The van der Waals surface area contributed by atoms with E-state index in [1.54, 1.807) is 0 Å². The largest absolute Gasteiger partial charge is 0.492 e. The molecule has 0 atom stereocenters. The van der Waals surface area contributed by atoms with Crippen LogP contribution in [0.3, 0.4) is 0 Å². The fourth-order valence-electron chi connectivity index (χ4n) is 1.63. The molecule has 1 aliphatic rings. The van der Waals surface area contributed by atoms with Crippen molar-refractivity contribution in [2.24, 2.45) is 0 Å². The lowest BCUT2D eigenvalue weighted by Crippen LogP contribution is -2.43. The quantitative estimate of drug-likeness (QED) is 0.655. The normalized spacial score (nSPS) is 13.4. The second kappa shape index (κ2) is 7.58. The summed E-state index contributed by atoms with van der Waals surface area (Å²) in [4.78, 5) is 22.7. The van der Waals surface area contributed by atoms with Crippen LogP contribution in [-0.4, -0.2) is 37.7 Å². The molecular formula is C14H17F2N3O3. The van der Waals surface area contributed by atoms with Gasteiger partial charge in [0.05, 0.1) is 13.1 Å². The van der Waals surface area contributed by atoms with E-state index in [2.05, 4.69) is 16.0 Å². The summed E-state index contributed by atoms with van der Waals surface area (Å²) in [6.45, 7) is 0.161. The minimum Gasteiger partial charge on any atom is -0.492 e. The molecule has 0 aromatic heterocycles. The lowest BCUT2D eigenvalue weighted by Gasteiger charge is -2.09. The van der Waals surface area contributed by atoms with Crippen LogP contribution >= 0.6 is 0 Å². The van der Waals surface area contributed by atoms with Crippen molar-refractivity contribution in [2.45, 2.75) is 18.9 Å². The summed E-state index contributed by atoms with van der Waals surface area (Å²) < 4.78 is 30.8. The highest BCUT2D eigenvalue weighted by Gasteiger charge is 2.23. The summed E-state index contributed by atoms with van der Waals surface area (Å²) in [6, 6.07) is 2.93. The number of halogens is 2. The van der Waals surface area contributed by atoms with Crippen molar-refractivity contribution in [1.82, 2.24) is 16.0 Å². The Bertz CT molecular complexity index is 550. The molecule has 0 heterocycles. The van der Waals surface area contributed by atoms with Crippen LogP contribution < -0.4 is 20.7 Å². The number of hydrogen-bond donors (Lipinski definition) is 3. The Hall–Kier alpha value is -2.38. The van der Waals surface area contributed by atoms with Gasteiger partial charge in [-0.2, -0.15) is 0 Å². The lowest BCUT2D eigenvalue weighted by molar-refractivity contribution is -0.120. The smallest absolute Gasteiger partial charge is 0.315 e. The number of urea groups is 1. The maximum atomic E-state index is 12.9. The van der Waals surface area contributed by atoms with Gasteiger partial charge in [-0.3, -0.25) is 4.79 Å². The third kappa shape index (κ3) is 5.55. The Morgan fingerprint density at radius 3 is 2.64 bits per heavy atom. The SMILES string of the molecule is O=C(CNC(=O)NCCOc1ccc(F)c(F)c1)NC1CC1. The van der Waals surface area contributed by atoms with E-state index in [1.165, 1.54) is 6.07 Å². The van der Waals surface area contributed by atoms with Crippen LogP contribution in [0.5, 0.6) is 5.75 Å². The number of nitrogens with one attached hydrogen (secondary N) is 3. The van der Waals surface area contributed by atoms with Crippen molar-refractivity contribution in [1.29, 1.82) is 0 Å². The summed E-state index contributed by atoms with van der Waals surface area (Å²) in [6.07, 6.45) is 1.97. The van der Waals surface area contributed by atoms with Crippen LogP contribution in [0.1, 0.15) is 12.8 Å². The van der Waals surface area contributed by atoms with Crippen molar-refractivity contribution in [2.75, 3.05) is 19.7 Å². The molecule has 0 unspecified atom stereocenters. The zero-order valence-electron chi connectivity index (χ0n) is 11.8. The Kier molecular flexibility index (Phi) is 5.51. The van der Waals surface area contributed by atoms with E-state index in [4.69, 9.17) is 4.74 Å². The van der Waals surface area contributed by atoms with Crippen LogP contribution in [0, 0.1) is 11.6 Å². The lowest BCUT2D eigenvalue weighted by atomic mass is 10.3. The molecule has 1 aliphatic carbocycles. The van der Waals surface area contributed by atoms with Gasteiger partial charge >= 0.3 is 6.03 Å². The fraction of sp³-hybridized carbons (Fsp3) is 0.429. The molecule has 0 bridgehead atoms. The molecule has 2 rings (SSSR count). The first-order valence-corrected chi connectivity index (χ1v) is 6.93. The van der Waals surface area contributed by atoms with E-state index in [0.29, 0.717) is 0 Å². The molecule has 1 saturated carbocycles. The van der Waals surface area contributed by atoms with E-state index >= 15 is 0 Å². The summed E-state index contributed by atoms with van der Waals surface area (Å²) in [5.41, 5.74) is 0. The van der Waals surface area contributed by atoms with Gasteiger partial charge in [0.2, 0.25) is 5.91 Å². The Morgan fingerprint density at radius 1 is 1.18 bits per heavy atom. The van der Waals surface area contributed by atoms with Gasteiger partial charge in [0, 0.05) is 12.1 Å². The van der Waals surface area contributed by atoms with Crippen molar-refractivity contribution in [3.63, 3.8) is 0 Å². The van der Waals surface area contributed by atoms with Crippen LogP contribution in [0.2, 0.25) is 0 Å². The summed E-state index contributed by atoms with van der Waals surface area (Å²) in [7, 11) is 0. The van der Waals surface area contributed by atoms with Gasteiger partial charge in [0.1, 0.15) is 12.4 Å². The Morgan fingerprint density at radius 2 is 1.95 bits per heavy atom. The molecule has 6 nitrogen and oxygen atoms in total. The molecule has 3 amide bonds. The van der Waals surface area contributed by atoms with E-state index in [1.807, 2.05) is 0 Å². The van der Waals surface area contributed by atoms with E-state index in [0.717, 1.165) is 25.0 Å². The molecule has 8 heteroatoms. The first kappa shape index (κ1) is 16.0. The van der Waals surface area contributed by atoms with Gasteiger partial charge < -0.3 is 20.7 Å².